The van der Waals surface area contributed by atoms with Gasteiger partial charge in [0.25, 0.3) is 0 Å². The van der Waals surface area contributed by atoms with Crippen LogP contribution in [-0.4, -0.2) is 46.0 Å². The highest BCUT2D eigenvalue weighted by Gasteiger charge is 2.13. The number of carbonyl (C=O) groups is 1. The van der Waals surface area contributed by atoms with E-state index in [-0.39, 0.29) is 17.8 Å². The third-order valence-electron chi connectivity index (χ3n) is 3.40. The molecule has 2 amide bonds. The quantitative estimate of drug-likeness (QED) is 0.851. The second kappa shape index (κ2) is 7.53. The van der Waals surface area contributed by atoms with Gasteiger partial charge >= 0.3 is 6.03 Å². The first-order valence-electron chi connectivity index (χ1n) is 7.34. The van der Waals surface area contributed by atoms with E-state index in [0.29, 0.717) is 18.8 Å². The van der Waals surface area contributed by atoms with E-state index in [9.17, 15) is 9.90 Å². The zero-order valence-corrected chi connectivity index (χ0v) is 13.6. The van der Waals surface area contributed by atoms with Gasteiger partial charge in [0.15, 0.2) is 11.5 Å². The highest BCUT2D eigenvalue weighted by Crippen LogP contribution is 2.26. The Morgan fingerprint density at radius 1 is 1.52 bits per heavy atom. The molecule has 2 aromatic rings. The Kier molecular flexibility index (Phi) is 5.46. The molecule has 0 aliphatic carbocycles. The van der Waals surface area contributed by atoms with E-state index in [1.54, 1.807) is 41.0 Å². The highest BCUT2D eigenvalue weighted by molar-refractivity contribution is 5.74. The Hall–Kier alpha value is -2.70. The van der Waals surface area contributed by atoms with Gasteiger partial charge < -0.3 is 20.1 Å². The average molecular weight is 318 g/mol. The maximum atomic E-state index is 12.2. The summed E-state index contributed by atoms with van der Waals surface area (Å²) >= 11 is 0. The minimum Gasteiger partial charge on any atom is -0.504 e. The van der Waals surface area contributed by atoms with Gasteiger partial charge in [0, 0.05) is 32.0 Å². The number of nitrogens with one attached hydrogen (secondary N) is 1. The van der Waals surface area contributed by atoms with Crippen molar-refractivity contribution < 1.29 is 14.6 Å². The van der Waals surface area contributed by atoms with E-state index in [1.807, 2.05) is 19.2 Å². The van der Waals surface area contributed by atoms with Crippen LogP contribution in [0.25, 0.3) is 0 Å². The SMILES string of the molecule is COc1cc(CN(C)C(=O)N[C@@H](C)Cn2cccn2)ccc1O. The second-order valence-electron chi connectivity index (χ2n) is 5.44. The Morgan fingerprint density at radius 3 is 2.96 bits per heavy atom. The summed E-state index contributed by atoms with van der Waals surface area (Å²) in [6.07, 6.45) is 3.56. The van der Waals surface area contributed by atoms with Gasteiger partial charge in [0.1, 0.15) is 0 Å². The third kappa shape index (κ3) is 4.64. The number of aromatic nitrogens is 2. The van der Waals surface area contributed by atoms with Crippen LogP contribution in [-0.2, 0) is 13.1 Å². The van der Waals surface area contributed by atoms with Gasteiger partial charge in [-0.15, -0.1) is 0 Å². The third-order valence-corrected chi connectivity index (χ3v) is 3.40. The Bertz CT molecular complexity index is 643. The predicted molar refractivity (Wildman–Crippen MR) is 86.3 cm³/mol. The number of phenolic OH excluding ortho intramolecular Hbond substituents is 1. The number of phenols is 1. The zero-order chi connectivity index (χ0) is 16.8. The van der Waals surface area contributed by atoms with Crippen LogP contribution < -0.4 is 10.1 Å². The largest absolute Gasteiger partial charge is 0.504 e. The molecule has 1 heterocycles. The van der Waals surface area contributed by atoms with Crippen LogP contribution in [0.3, 0.4) is 0 Å². The van der Waals surface area contributed by atoms with Crippen LogP contribution >= 0.6 is 0 Å². The Labute approximate surface area is 135 Å². The molecule has 124 valence electrons. The first-order chi connectivity index (χ1) is 11.0. The van der Waals surface area contributed by atoms with Crippen molar-refractivity contribution in [2.45, 2.75) is 26.1 Å². The Morgan fingerprint density at radius 2 is 2.30 bits per heavy atom. The topological polar surface area (TPSA) is 79.6 Å². The highest BCUT2D eigenvalue weighted by atomic mass is 16.5. The first kappa shape index (κ1) is 16.7. The summed E-state index contributed by atoms with van der Waals surface area (Å²) < 4.78 is 6.85. The van der Waals surface area contributed by atoms with Gasteiger partial charge in [0.05, 0.1) is 13.7 Å². The molecule has 0 unspecified atom stereocenters. The van der Waals surface area contributed by atoms with E-state index < -0.39 is 0 Å². The smallest absolute Gasteiger partial charge is 0.317 e. The maximum absolute atomic E-state index is 12.2. The predicted octanol–water partition coefficient (Wildman–Crippen LogP) is 1.83. The van der Waals surface area contributed by atoms with Crippen LogP contribution in [0.4, 0.5) is 4.79 Å². The van der Waals surface area contributed by atoms with Crippen LogP contribution in [0.5, 0.6) is 11.5 Å². The molecule has 0 bridgehead atoms. The lowest BCUT2D eigenvalue weighted by atomic mass is 10.2. The molecule has 2 N–H and O–H groups in total. The normalized spacial score (nSPS) is 11.8. The molecule has 0 spiro atoms. The van der Waals surface area contributed by atoms with Crippen LogP contribution in [0, 0.1) is 0 Å². The van der Waals surface area contributed by atoms with Crippen LogP contribution in [0.2, 0.25) is 0 Å². The monoisotopic (exact) mass is 318 g/mol. The lowest BCUT2D eigenvalue weighted by Gasteiger charge is -2.21. The fourth-order valence-corrected chi connectivity index (χ4v) is 2.22. The summed E-state index contributed by atoms with van der Waals surface area (Å²) in [6.45, 7) is 2.95. The summed E-state index contributed by atoms with van der Waals surface area (Å²) in [5, 5.41) is 16.6. The van der Waals surface area contributed by atoms with Crippen molar-refractivity contribution in [3.8, 4) is 11.5 Å². The second-order valence-corrected chi connectivity index (χ2v) is 5.44. The van der Waals surface area contributed by atoms with Gasteiger partial charge in [-0.1, -0.05) is 6.07 Å². The minimum atomic E-state index is -0.170. The zero-order valence-electron chi connectivity index (χ0n) is 13.6. The number of ether oxygens (including phenoxy) is 1. The molecule has 1 atom stereocenters. The number of hydrogen-bond acceptors (Lipinski definition) is 4. The maximum Gasteiger partial charge on any atom is 0.317 e. The number of methoxy groups -OCH3 is 1. The van der Waals surface area contributed by atoms with E-state index in [2.05, 4.69) is 10.4 Å². The Balaban J connectivity index is 1.89. The fourth-order valence-electron chi connectivity index (χ4n) is 2.22. The molecule has 0 saturated heterocycles. The fraction of sp³-hybridized carbons (Fsp3) is 0.375. The van der Waals surface area contributed by atoms with Crippen molar-refractivity contribution >= 4 is 6.03 Å². The molecule has 0 radical (unpaired) electrons. The molecular weight excluding hydrogens is 296 g/mol. The number of nitrogens with zero attached hydrogens (tertiary/aromatic N) is 3. The van der Waals surface area contributed by atoms with Crippen LogP contribution in [0.15, 0.2) is 36.7 Å². The number of carbonyl (C=O) groups excluding carboxylic acids is 1. The molecule has 2 rings (SSSR count). The van der Waals surface area contributed by atoms with Crippen molar-refractivity contribution in [1.82, 2.24) is 20.0 Å². The molecule has 7 nitrogen and oxygen atoms in total. The summed E-state index contributed by atoms with van der Waals surface area (Å²) in [5.74, 6) is 0.472. The standard InChI is InChI=1S/C16H22N4O3/c1-12(10-20-8-4-7-17-20)18-16(22)19(2)11-13-5-6-14(21)15(9-13)23-3/h4-9,12,21H,10-11H2,1-3H3,(H,18,22)/t12-/m0/s1. The van der Waals surface area contributed by atoms with Gasteiger partial charge in [-0.3, -0.25) is 4.68 Å². The molecule has 0 aliphatic rings. The summed E-state index contributed by atoms with van der Waals surface area (Å²) in [7, 11) is 3.21. The van der Waals surface area contributed by atoms with Gasteiger partial charge in [-0.25, -0.2) is 4.79 Å². The molecular formula is C16H22N4O3. The van der Waals surface area contributed by atoms with E-state index >= 15 is 0 Å². The van der Waals surface area contributed by atoms with Gasteiger partial charge in [-0.2, -0.15) is 5.10 Å². The first-order valence-corrected chi connectivity index (χ1v) is 7.34. The molecule has 1 aromatic carbocycles. The van der Waals surface area contributed by atoms with E-state index in [1.165, 1.54) is 7.11 Å². The molecule has 0 saturated carbocycles. The van der Waals surface area contributed by atoms with Crippen molar-refractivity contribution in [2.75, 3.05) is 14.2 Å². The molecule has 23 heavy (non-hydrogen) atoms. The number of aromatic hydroxyl groups is 1. The van der Waals surface area contributed by atoms with E-state index in [4.69, 9.17) is 4.74 Å². The lowest BCUT2D eigenvalue weighted by molar-refractivity contribution is 0.202. The van der Waals surface area contributed by atoms with Crippen molar-refractivity contribution in [2.24, 2.45) is 0 Å². The minimum absolute atomic E-state index is 0.0424. The van der Waals surface area contributed by atoms with Crippen LogP contribution in [0.1, 0.15) is 12.5 Å². The number of urea groups is 1. The average Bonchev–Trinajstić information content (AvgIpc) is 3.01. The molecule has 1 aromatic heterocycles. The number of rotatable bonds is 6. The lowest BCUT2D eigenvalue weighted by Crippen LogP contribution is -2.43. The van der Waals surface area contributed by atoms with Gasteiger partial charge in [-0.05, 0) is 30.7 Å². The summed E-state index contributed by atoms with van der Waals surface area (Å²) in [4.78, 5) is 13.8. The van der Waals surface area contributed by atoms with Crippen molar-refractivity contribution in [1.29, 1.82) is 0 Å². The van der Waals surface area contributed by atoms with Crippen molar-refractivity contribution in [3.05, 3.63) is 42.2 Å². The summed E-state index contributed by atoms with van der Waals surface area (Å²) in [5.41, 5.74) is 0.872. The molecule has 7 heteroatoms. The van der Waals surface area contributed by atoms with E-state index in [0.717, 1.165) is 5.56 Å². The molecule has 0 fully saturated rings. The molecule has 0 aliphatic heterocycles. The van der Waals surface area contributed by atoms with Crippen molar-refractivity contribution in [3.63, 3.8) is 0 Å². The number of hydrogen-bond donors (Lipinski definition) is 2. The summed E-state index contributed by atoms with van der Waals surface area (Å²) in [6, 6.07) is 6.66. The number of amides is 2. The van der Waals surface area contributed by atoms with Gasteiger partial charge in [0.2, 0.25) is 0 Å². The number of benzene rings is 1.